The van der Waals surface area contributed by atoms with Gasteiger partial charge in [0.2, 0.25) is 5.91 Å². The van der Waals surface area contributed by atoms with Gasteiger partial charge in [0.1, 0.15) is 6.04 Å². The molecule has 2 rings (SSSR count). The summed E-state index contributed by atoms with van der Waals surface area (Å²) in [5.74, 6) is -0.113. The number of hydrogen-bond acceptors (Lipinski definition) is 4. The van der Waals surface area contributed by atoms with Gasteiger partial charge in [0.15, 0.2) is 0 Å². The van der Waals surface area contributed by atoms with Crippen LogP contribution in [-0.4, -0.2) is 49.3 Å². The fourth-order valence-electron chi connectivity index (χ4n) is 1.68. The number of aromatic nitrogens is 2. The molecule has 1 aliphatic rings. The molecule has 1 atom stereocenters. The van der Waals surface area contributed by atoms with Gasteiger partial charge in [0, 0.05) is 31.1 Å². The summed E-state index contributed by atoms with van der Waals surface area (Å²) in [6.45, 7) is 0.485. The number of carbonyl (C=O) groups is 2. The Morgan fingerprint density at radius 1 is 1.53 bits per heavy atom. The Morgan fingerprint density at radius 2 is 2.35 bits per heavy atom. The van der Waals surface area contributed by atoms with Crippen LogP contribution in [0.3, 0.4) is 0 Å². The second-order valence-corrected chi connectivity index (χ2v) is 4.74. The summed E-state index contributed by atoms with van der Waals surface area (Å²) >= 11 is 1.47. The summed E-state index contributed by atoms with van der Waals surface area (Å²) in [5, 5.41) is 13.0. The molecule has 0 saturated carbocycles. The average Bonchev–Trinajstić information content (AvgIpc) is 2.96. The third-order valence-electron chi connectivity index (χ3n) is 2.60. The molecule has 1 fully saturated rings. The Balaban J connectivity index is 1.89. The van der Waals surface area contributed by atoms with Crippen LogP contribution in [0.5, 0.6) is 0 Å². The molecule has 7 heteroatoms. The molecule has 0 radical (unpaired) electrons. The number of rotatable bonds is 4. The highest BCUT2D eigenvalue weighted by molar-refractivity contribution is 7.99. The third kappa shape index (κ3) is 2.79. The van der Waals surface area contributed by atoms with Crippen molar-refractivity contribution in [1.29, 1.82) is 0 Å². The minimum atomic E-state index is -0.928. The first-order valence-corrected chi connectivity index (χ1v) is 6.41. The minimum Gasteiger partial charge on any atom is -0.480 e. The van der Waals surface area contributed by atoms with Crippen molar-refractivity contribution in [1.82, 2.24) is 14.7 Å². The molecule has 0 spiro atoms. The molecule has 1 saturated heterocycles. The SMILES string of the molecule is O=C(O)C1CSCN1C(=O)CCn1cccn1. The maximum atomic E-state index is 11.9. The molecular formula is C10H13N3O3S. The second kappa shape index (κ2) is 5.22. The van der Waals surface area contributed by atoms with Crippen LogP contribution in [0.2, 0.25) is 0 Å². The number of aryl methyl sites for hydroxylation is 1. The molecule has 17 heavy (non-hydrogen) atoms. The largest absolute Gasteiger partial charge is 0.480 e. The summed E-state index contributed by atoms with van der Waals surface area (Å²) in [6.07, 6.45) is 3.71. The van der Waals surface area contributed by atoms with E-state index in [1.807, 2.05) is 0 Å². The monoisotopic (exact) mass is 255 g/mol. The van der Waals surface area contributed by atoms with Crippen molar-refractivity contribution < 1.29 is 14.7 Å². The zero-order valence-corrected chi connectivity index (χ0v) is 9.97. The maximum Gasteiger partial charge on any atom is 0.327 e. The van der Waals surface area contributed by atoms with Crippen molar-refractivity contribution in [2.45, 2.75) is 19.0 Å². The average molecular weight is 255 g/mol. The summed E-state index contributed by atoms with van der Waals surface area (Å²) in [5.41, 5.74) is 0. The third-order valence-corrected chi connectivity index (χ3v) is 3.61. The van der Waals surface area contributed by atoms with E-state index in [2.05, 4.69) is 5.10 Å². The first-order valence-electron chi connectivity index (χ1n) is 5.26. The Bertz CT molecular complexity index is 407. The van der Waals surface area contributed by atoms with Crippen LogP contribution in [0.25, 0.3) is 0 Å². The molecule has 92 valence electrons. The molecule has 0 aromatic carbocycles. The van der Waals surface area contributed by atoms with E-state index in [1.165, 1.54) is 16.7 Å². The van der Waals surface area contributed by atoms with Gasteiger partial charge in [0.25, 0.3) is 0 Å². The van der Waals surface area contributed by atoms with Crippen LogP contribution < -0.4 is 0 Å². The van der Waals surface area contributed by atoms with Gasteiger partial charge in [-0.05, 0) is 6.07 Å². The lowest BCUT2D eigenvalue weighted by Crippen LogP contribution is -2.42. The Morgan fingerprint density at radius 3 is 3.00 bits per heavy atom. The van der Waals surface area contributed by atoms with Crippen molar-refractivity contribution in [2.75, 3.05) is 11.6 Å². The zero-order chi connectivity index (χ0) is 12.3. The first-order chi connectivity index (χ1) is 8.18. The van der Waals surface area contributed by atoms with Crippen LogP contribution in [0, 0.1) is 0 Å². The molecule has 6 nitrogen and oxygen atoms in total. The highest BCUT2D eigenvalue weighted by Crippen LogP contribution is 2.21. The number of amides is 1. The van der Waals surface area contributed by atoms with Gasteiger partial charge in [-0.25, -0.2) is 4.79 Å². The standard InChI is InChI=1S/C10H13N3O3S/c14-9(2-5-12-4-1-3-11-12)13-7-17-6-8(13)10(15)16/h1,3-4,8H,2,5-7H2,(H,15,16). The van der Waals surface area contributed by atoms with Gasteiger partial charge in [-0.15, -0.1) is 11.8 Å². The fraction of sp³-hybridized carbons (Fsp3) is 0.500. The van der Waals surface area contributed by atoms with Crippen molar-refractivity contribution in [3.8, 4) is 0 Å². The lowest BCUT2D eigenvalue weighted by atomic mass is 10.2. The van der Waals surface area contributed by atoms with E-state index >= 15 is 0 Å². The minimum absolute atomic E-state index is 0.127. The Labute approximate surface area is 103 Å². The highest BCUT2D eigenvalue weighted by Gasteiger charge is 2.34. The van der Waals surface area contributed by atoms with E-state index < -0.39 is 12.0 Å². The second-order valence-electron chi connectivity index (χ2n) is 3.74. The van der Waals surface area contributed by atoms with Crippen molar-refractivity contribution >= 4 is 23.6 Å². The van der Waals surface area contributed by atoms with Crippen LogP contribution in [0.1, 0.15) is 6.42 Å². The highest BCUT2D eigenvalue weighted by atomic mass is 32.2. The predicted octanol–water partition coefficient (Wildman–Crippen LogP) is 0.259. The van der Waals surface area contributed by atoms with Crippen LogP contribution in [-0.2, 0) is 16.1 Å². The predicted molar refractivity (Wildman–Crippen MR) is 62.4 cm³/mol. The molecule has 1 aromatic rings. The molecule has 1 aliphatic heterocycles. The van der Waals surface area contributed by atoms with Gasteiger partial charge in [-0.3, -0.25) is 9.48 Å². The normalized spacial score (nSPS) is 19.5. The summed E-state index contributed by atoms with van der Waals surface area (Å²) in [6, 6.07) is 1.11. The van der Waals surface area contributed by atoms with Crippen LogP contribution in [0.15, 0.2) is 18.5 Å². The van der Waals surface area contributed by atoms with E-state index in [0.29, 0.717) is 18.2 Å². The lowest BCUT2D eigenvalue weighted by molar-refractivity contribution is -0.147. The quantitative estimate of drug-likeness (QED) is 0.835. The van der Waals surface area contributed by atoms with Gasteiger partial charge in [-0.1, -0.05) is 0 Å². The maximum absolute atomic E-state index is 11.9. The molecule has 0 bridgehead atoms. The molecule has 0 aliphatic carbocycles. The number of carbonyl (C=O) groups excluding carboxylic acids is 1. The van der Waals surface area contributed by atoms with Crippen LogP contribution in [0.4, 0.5) is 0 Å². The van der Waals surface area contributed by atoms with E-state index in [-0.39, 0.29) is 12.3 Å². The topological polar surface area (TPSA) is 75.4 Å². The van der Waals surface area contributed by atoms with Gasteiger partial charge in [-0.2, -0.15) is 5.10 Å². The first kappa shape index (κ1) is 12.0. The summed E-state index contributed by atoms with van der Waals surface area (Å²) in [7, 11) is 0. The smallest absolute Gasteiger partial charge is 0.327 e. The van der Waals surface area contributed by atoms with E-state index in [4.69, 9.17) is 5.11 Å². The molecule has 2 heterocycles. The summed E-state index contributed by atoms with van der Waals surface area (Å²) < 4.78 is 1.66. The number of nitrogens with zero attached hydrogens (tertiary/aromatic N) is 3. The Kier molecular flexibility index (Phi) is 3.68. The number of carboxylic acid groups (broad SMARTS) is 1. The van der Waals surface area contributed by atoms with Crippen molar-refractivity contribution in [2.24, 2.45) is 0 Å². The summed E-state index contributed by atoms with van der Waals surface area (Å²) in [4.78, 5) is 24.2. The molecule has 1 unspecified atom stereocenters. The van der Waals surface area contributed by atoms with Gasteiger partial charge >= 0.3 is 5.97 Å². The molecule has 1 N–H and O–H groups in total. The molecule has 1 amide bonds. The molecule has 1 aromatic heterocycles. The lowest BCUT2D eigenvalue weighted by Gasteiger charge is -2.20. The van der Waals surface area contributed by atoms with E-state index in [1.54, 1.807) is 23.1 Å². The van der Waals surface area contributed by atoms with Gasteiger partial charge < -0.3 is 10.0 Å². The van der Waals surface area contributed by atoms with E-state index in [9.17, 15) is 9.59 Å². The van der Waals surface area contributed by atoms with Gasteiger partial charge in [0.05, 0.1) is 5.88 Å². The molecular weight excluding hydrogens is 242 g/mol. The van der Waals surface area contributed by atoms with Crippen LogP contribution >= 0.6 is 11.8 Å². The number of carboxylic acids is 1. The zero-order valence-electron chi connectivity index (χ0n) is 9.15. The van der Waals surface area contributed by atoms with Crippen molar-refractivity contribution in [3.05, 3.63) is 18.5 Å². The van der Waals surface area contributed by atoms with E-state index in [0.717, 1.165) is 0 Å². The fourth-order valence-corrected chi connectivity index (χ4v) is 2.85. The Hall–Kier alpha value is -1.50. The van der Waals surface area contributed by atoms with Crippen molar-refractivity contribution in [3.63, 3.8) is 0 Å². The number of thioether (sulfide) groups is 1. The number of aliphatic carboxylic acids is 1. The number of hydrogen-bond donors (Lipinski definition) is 1.